The van der Waals surface area contributed by atoms with Crippen LogP contribution in [0.15, 0.2) is 12.5 Å². The molecule has 8 nitrogen and oxygen atoms in total. The van der Waals surface area contributed by atoms with Crippen LogP contribution < -0.4 is 4.90 Å². The van der Waals surface area contributed by atoms with Crippen molar-refractivity contribution in [1.82, 2.24) is 24.6 Å². The fraction of sp³-hybridized carbons (Fsp3) is 0.684. The molecule has 0 amide bonds. The van der Waals surface area contributed by atoms with E-state index < -0.39 is 0 Å². The minimum Gasteiger partial charge on any atom is -0.468 e. The van der Waals surface area contributed by atoms with Crippen LogP contribution in [-0.2, 0) is 16.1 Å². The number of piperazine rings is 1. The molecule has 2 aromatic heterocycles. The molecule has 3 heterocycles. The van der Waals surface area contributed by atoms with E-state index in [2.05, 4.69) is 24.9 Å². The number of hydrogen-bond acceptors (Lipinski definition) is 7. The standard InChI is InChI=1S/C19H26N6O2/c1-27-17(26)11-25-19-15(10-22-25)18(20-12-21-19)24-6-4-23(5-7-24)16-9-13-2-3-14(16)8-13/h10,12-14,16H,2-9,11H2,1H3. The highest BCUT2D eigenvalue weighted by molar-refractivity contribution is 5.87. The number of anilines is 1. The number of carbonyl (C=O) groups is 1. The lowest BCUT2D eigenvalue weighted by Gasteiger charge is -2.41. The number of methoxy groups -OCH3 is 1. The zero-order valence-electron chi connectivity index (χ0n) is 15.8. The minimum absolute atomic E-state index is 0.0640. The van der Waals surface area contributed by atoms with Gasteiger partial charge < -0.3 is 9.64 Å². The van der Waals surface area contributed by atoms with Crippen molar-refractivity contribution in [3.63, 3.8) is 0 Å². The van der Waals surface area contributed by atoms with Crippen LogP contribution in [-0.4, -0.2) is 69.9 Å². The second-order valence-electron chi connectivity index (χ2n) is 8.08. The van der Waals surface area contributed by atoms with Crippen LogP contribution in [0.4, 0.5) is 5.82 Å². The van der Waals surface area contributed by atoms with Gasteiger partial charge in [0.15, 0.2) is 5.65 Å². The molecule has 2 saturated carbocycles. The summed E-state index contributed by atoms with van der Waals surface area (Å²) in [6.07, 6.45) is 9.07. The molecular formula is C19H26N6O2. The van der Waals surface area contributed by atoms with Crippen LogP contribution in [0.1, 0.15) is 25.7 Å². The third-order valence-electron chi connectivity index (χ3n) is 6.70. The zero-order valence-corrected chi connectivity index (χ0v) is 15.8. The Bertz CT molecular complexity index is 844. The topological polar surface area (TPSA) is 76.4 Å². The van der Waals surface area contributed by atoms with Crippen LogP contribution in [0, 0.1) is 11.8 Å². The van der Waals surface area contributed by atoms with Crippen LogP contribution in [0.3, 0.4) is 0 Å². The zero-order chi connectivity index (χ0) is 18.4. The summed E-state index contributed by atoms with van der Waals surface area (Å²) >= 11 is 0. The van der Waals surface area contributed by atoms with E-state index in [9.17, 15) is 4.79 Å². The van der Waals surface area contributed by atoms with Gasteiger partial charge in [0.1, 0.15) is 18.7 Å². The van der Waals surface area contributed by atoms with Gasteiger partial charge in [0.2, 0.25) is 0 Å². The van der Waals surface area contributed by atoms with Crippen molar-refractivity contribution < 1.29 is 9.53 Å². The monoisotopic (exact) mass is 370 g/mol. The molecule has 3 atom stereocenters. The molecule has 0 aromatic carbocycles. The normalized spacial score (nSPS) is 28.2. The molecular weight excluding hydrogens is 344 g/mol. The summed E-state index contributed by atoms with van der Waals surface area (Å²) in [7, 11) is 1.38. The van der Waals surface area contributed by atoms with Crippen LogP contribution in [0.2, 0.25) is 0 Å². The van der Waals surface area contributed by atoms with Crippen molar-refractivity contribution in [2.45, 2.75) is 38.3 Å². The summed E-state index contributed by atoms with van der Waals surface area (Å²) in [6.45, 7) is 4.20. The third kappa shape index (κ3) is 2.96. The molecule has 1 aliphatic heterocycles. The number of fused-ring (bicyclic) bond motifs is 3. The molecule has 2 aliphatic carbocycles. The van der Waals surface area contributed by atoms with Gasteiger partial charge in [-0.2, -0.15) is 5.10 Å². The van der Waals surface area contributed by atoms with Crippen LogP contribution in [0.25, 0.3) is 11.0 Å². The van der Waals surface area contributed by atoms with Gasteiger partial charge in [-0.3, -0.25) is 9.69 Å². The van der Waals surface area contributed by atoms with Crippen molar-refractivity contribution in [3.8, 4) is 0 Å². The maximum atomic E-state index is 11.6. The predicted molar refractivity (Wildman–Crippen MR) is 100 cm³/mol. The summed E-state index contributed by atoms with van der Waals surface area (Å²) in [4.78, 5) is 25.5. The fourth-order valence-corrected chi connectivity index (χ4v) is 5.36. The molecule has 2 bridgehead atoms. The Labute approximate surface area is 158 Å². The second-order valence-corrected chi connectivity index (χ2v) is 8.08. The summed E-state index contributed by atoms with van der Waals surface area (Å²) in [5.41, 5.74) is 0.681. The number of aromatic nitrogens is 4. The summed E-state index contributed by atoms with van der Waals surface area (Å²) in [5.74, 6) is 2.51. The van der Waals surface area contributed by atoms with Gasteiger partial charge in [0.25, 0.3) is 0 Å². The smallest absolute Gasteiger partial charge is 0.327 e. The van der Waals surface area contributed by atoms with Gasteiger partial charge in [-0.15, -0.1) is 0 Å². The SMILES string of the molecule is COC(=O)Cn1ncc2c(N3CCN(C4CC5CCC4C5)CC3)ncnc21. The van der Waals surface area contributed by atoms with E-state index in [-0.39, 0.29) is 12.5 Å². The lowest BCUT2D eigenvalue weighted by Crippen LogP contribution is -2.52. The van der Waals surface area contributed by atoms with Crippen LogP contribution in [0.5, 0.6) is 0 Å². The maximum absolute atomic E-state index is 11.6. The third-order valence-corrected chi connectivity index (χ3v) is 6.70. The number of ether oxygens (including phenoxy) is 1. The van der Waals surface area contributed by atoms with Gasteiger partial charge in [0.05, 0.1) is 18.7 Å². The van der Waals surface area contributed by atoms with Crippen molar-refractivity contribution >= 4 is 22.8 Å². The molecule has 144 valence electrons. The second kappa shape index (κ2) is 6.74. The van der Waals surface area contributed by atoms with E-state index >= 15 is 0 Å². The first-order valence-electron chi connectivity index (χ1n) is 9.95. The molecule has 3 unspecified atom stereocenters. The van der Waals surface area contributed by atoms with E-state index in [1.54, 1.807) is 17.2 Å². The Hall–Kier alpha value is -2.22. The highest BCUT2D eigenvalue weighted by Crippen LogP contribution is 2.46. The number of carbonyl (C=O) groups excluding carboxylic acids is 1. The van der Waals surface area contributed by atoms with Gasteiger partial charge in [-0.1, -0.05) is 6.42 Å². The van der Waals surface area contributed by atoms with Gasteiger partial charge in [0, 0.05) is 32.2 Å². The molecule has 5 rings (SSSR count). The Balaban J connectivity index is 1.31. The number of nitrogens with zero attached hydrogens (tertiary/aromatic N) is 6. The molecule has 27 heavy (non-hydrogen) atoms. The van der Waals surface area contributed by atoms with Crippen molar-refractivity contribution in [3.05, 3.63) is 12.5 Å². The van der Waals surface area contributed by atoms with Crippen molar-refractivity contribution in [2.75, 3.05) is 38.2 Å². The fourth-order valence-electron chi connectivity index (χ4n) is 5.36. The minimum atomic E-state index is -0.334. The first-order valence-corrected chi connectivity index (χ1v) is 9.95. The summed E-state index contributed by atoms with van der Waals surface area (Å²) < 4.78 is 6.32. The van der Waals surface area contributed by atoms with Gasteiger partial charge in [-0.25, -0.2) is 14.6 Å². The molecule has 0 radical (unpaired) electrons. The first-order chi connectivity index (χ1) is 13.2. The quantitative estimate of drug-likeness (QED) is 0.751. The maximum Gasteiger partial charge on any atom is 0.327 e. The lowest BCUT2D eigenvalue weighted by molar-refractivity contribution is -0.141. The Morgan fingerprint density at radius 1 is 1.19 bits per heavy atom. The first kappa shape index (κ1) is 16.9. The largest absolute Gasteiger partial charge is 0.468 e. The molecule has 0 spiro atoms. The predicted octanol–water partition coefficient (Wildman–Crippen LogP) is 1.31. The highest BCUT2D eigenvalue weighted by atomic mass is 16.5. The number of rotatable bonds is 4. The number of hydrogen-bond donors (Lipinski definition) is 0. The Morgan fingerprint density at radius 3 is 2.74 bits per heavy atom. The Kier molecular flexibility index (Phi) is 4.22. The highest BCUT2D eigenvalue weighted by Gasteiger charge is 2.42. The van der Waals surface area contributed by atoms with Crippen LogP contribution >= 0.6 is 0 Å². The van der Waals surface area contributed by atoms with E-state index in [1.165, 1.54) is 32.8 Å². The summed E-state index contributed by atoms with van der Waals surface area (Å²) in [6, 6.07) is 0.805. The lowest BCUT2D eigenvalue weighted by atomic mass is 9.93. The van der Waals surface area contributed by atoms with E-state index in [1.807, 2.05) is 0 Å². The molecule has 0 N–H and O–H groups in total. The van der Waals surface area contributed by atoms with E-state index in [0.717, 1.165) is 55.3 Å². The molecule has 3 fully saturated rings. The average molecular weight is 370 g/mol. The van der Waals surface area contributed by atoms with E-state index in [0.29, 0.717) is 5.65 Å². The Morgan fingerprint density at radius 2 is 2.04 bits per heavy atom. The molecule has 1 saturated heterocycles. The van der Waals surface area contributed by atoms with Crippen molar-refractivity contribution in [2.24, 2.45) is 11.8 Å². The average Bonchev–Trinajstić information content (AvgIpc) is 3.44. The number of esters is 1. The molecule has 8 heteroatoms. The van der Waals surface area contributed by atoms with E-state index in [4.69, 9.17) is 4.74 Å². The molecule has 2 aromatic rings. The van der Waals surface area contributed by atoms with Gasteiger partial charge in [-0.05, 0) is 31.1 Å². The molecule has 3 aliphatic rings. The van der Waals surface area contributed by atoms with Crippen molar-refractivity contribution in [1.29, 1.82) is 0 Å². The van der Waals surface area contributed by atoms with Gasteiger partial charge >= 0.3 is 5.97 Å². The summed E-state index contributed by atoms with van der Waals surface area (Å²) in [5, 5.41) is 5.22.